The predicted molar refractivity (Wildman–Crippen MR) is 204 cm³/mol. The van der Waals surface area contributed by atoms with Gasteiger partial charge in [0, 0.05) is 38.6 Å². The lowest BCUT2D eigenvalue weighted by atomic mass is 9.90. The first kappa shape index (κ1) is 41.1. The first-order valence-corrected chi connectivity index (χ1v) is 19.5. The average Bonchev–Trinajstić information content (AvgIpc) is 3.69. The summed E-state index contributed by atoms with van der Waals surface area (Å²) in [5.41, 5.74) is 1.69. The second-order valence-corrected chi connectivity index (χ2v) is 14.1. The first-order valence-electron chi connectivity index (χ1n) is 19.5. The van der Waals surface area contributed by atoms with E-state index in [2.05, 4.69) is 16.0 Å². The van der Waals surface area contributed by atoms with E-state index in [1.54, 1.807) is 19.1 Å². The molecular formula is C42H51N3O12. The second-order valence-electron chi connectivity index (χ2n) is 14.1. The van der Waals surface area contributed by atoms with Gasteiger partial charge in [-0.3, -0.25) is 4.79 Å². The highest BCUT2D eigenvalue weighted by molar-refractivity contribution is 5.84. The highest BCUT2D eigenvalue weighted by Gasteiger charge is 2.47. The van der Waals surface area contributed by atoms with Crippen molar-refractivity contribution in [2.24, 2.45) is 0 Å². The van der Waals surface area contributed by atoms with Crippen LogP contribution in [-0.2, 0) is 46.2 Å². The molecule has 0 aromatic heterocycles. The van der Waals surface area contributed by atoms with Gasteiger partial charge in [0.25, 0.3) is 0 Å². The maximum atomic E-state index is 13.3. The van der Waals surface area contributed by atoms with Gasteiger partial charge in [0.05, 0.1) is 25.4 Å². The molecule has 3 aromatic carbocycles. The summed E-state index contributed by atoms with van der Waals surface area (Å²) in [7, 11) is 0. The number of rotatable bonds is 17. The summed E-state index contributed by atoms with van der Waals surface area (Å²) in [5.74, 6) is -0.0470. The Hall–Kier alpha value is -5.54. The Labute approximate surface area is 331 Å². The number of hydrogen-bond donors (Lipinski definition) is 3. The minimum Gasteiger partial charge on any atom is -0.492 e. The number of ether oxygens (including phenoxy) is 8. The normalized spacial score (nSPS) is 21.5. The van der Waals surface area contributed by atoms with Crippen molar-refractivity contribution in [3.63, 3.8) is 0 Å². The Bertz CT molecular complexity index is 1780. The van der Waals surface area contributed by atoms with Gasteiger partial charge >= 0.3 is 18.2 Å². The molecule has 3 heterocycles. The molecule has 3 aromatic rings. The Kier molecular flexibility index (Phi) is 14.8. The van der Waals surface area contributed by atoms with Crippen LogP contribution in [0.1, 0.15) is 63.0 Å². The van der Waals surface area contributed by atoms with Crippen molar-refractivity contribution in [3.8, 4) is 17.2 Å². The van der Waals surface area contributed by atoms with E-state index >= 15 is 0 Å². The number of para-hydroxylation sites is 1. The van der Waals surface area contributed by atoms with Gasteiger partial charge in [-0.25, -0.2) is 14.4 Å². The van der Waals surface area contributed by atoms with Gasteiger partial charge in [0.1, 0.15) is 31.1 Å². The molecule has 306 valence electrons. The topological polar surface area (TPSA) is 178 Å². The molecule has 5 atom stereocenters. The smallest absolute Gasteiger partial charge is 0.407 e. The Morgan fingerprint density at radius 2 is 1.63 bits per heavy atom. The third-order valence-electron chi connectivity index (χ3n) is 9.72. The number of carbonyl (C=O) groups is 4. The van der Waals surface area contributed by atoms with Crippen LogP contribution in [0, 0.1) is 0 Å². The SMILES string of the molecule is CCOC(=O)[C@H](Cc1ccccc1)NC(=O)CCC1CC(OC(=O)NCc2ccc3c(c2)OCO3)CC2(CCCC(COC(=O)NCCOc3ccccc3)O2)O1. The van der Waals surface area contributed by atoms with Crippen molar-refractivity contribution in [2.45, 2.75) is 95.0 Å². The second kappa shape index (κ2) is 20.6. The maximum Gasteiger partial charge on any atom is 0.407 e. The number of nitrogens with one attached hydrogen (secondary N) is 3. The van der Waals surface area contributed by atoms with E-state index in [0.29, 0.717) is 42.9 Å². The lowest BCUT2D eigenvalue weighted by Gasteiger charge is -2.47. The van der Waals surface area contributed by atoms with Gasteiger partial charge in [-0.15, -0.1) is 0 Å². The van der Waals surface area contributed by atoms with Crippen molar-refractivity contribution in [1.29, 1.82) is 0 Å². The number of hydrogen-bond acceptors (Lipinski definition) is 12. The Morgan fingerprint density at radius 1 is 0.860 bits per heavy atom. The number of carbonyl (C=O) groups excluding carboxylic acids is 4. The molecule has 15 nitrogen and oxygen atoms in total. The van der Waals surface area contributed by atoms with Crippen LogP contribution in [0.3, 0.4) is 0 Å². The summed E-state index contributed by atoms with van der Waals surface area (Å²) in [5, 5.41) is 8.33. The fourth-order valence-corrected chi connectivity index (χ4v) is 7.09. The van der Waals surface area contributed by atoms with Crippen molar-refractivity contribution >= 4 is 24.1 Å². The molecule has 0 radical (unpaired) electrons. The monoisotopic (exact) mass is 789 g/mol. The molecule has 3 N–H and O–H groups in total. The molecule has 3 aliphatic rings. The van der Waals surface area contributed by atoms with Gasteiger partial charge in [-0.05, 0) is 61.6 Å². The van der Waals surface area contributed by atoms with Gasteiger partial charge < -0.3 is 53.8 Å². The van der Waals surface area contributed by atoms with Crippen molar-refractivity contribution in [3.05, 3.63) is 90.0 Å². The standard InChI is InChI=1S/C42H51N3O12/c1-2-50-39(47)35(22-29-10-5-3-6-11-29)45-38(46)18-16-32-24-34(55-41(49)44-26-30-15-17-36-37(23-30)54-28-53-36)25-42(56-32)19-9-14-33(57-42)27-52-40(48)43-20-21-51-31-12-7-4-8-13-31/h3-8,10-13,15,17,23,32-35H,2,9,14,16,18-22,24-28H2,1H3,(H,43,48)(H,44,49)(H,45,46)/t32?,33?,34?,35-,42?/m0/s1. The molecule has 2 fully saturated rings. The molecule has 0 saturated carbocycles. The average molecular weight is 790 g/mol. The fourth-order valence-electron chi connectivity index (χ4n) is 7.09. The third kappa shape index (κ3) is 12.7. The van der Waals surface area contributed by atoms with E-state index in [1.807, 2.05) is 66.7 Å². The summed E-state index contributed by atoms with van der Waals surface area (Å²) in [6.07, 6.45) is 0.156. The third-order valence-corrected chi connectivity index (χ3v) is 9.72. The lowest BCUT2D eigenvalue weighted by Crippen LogP contribution is -2.54. The molecule has 6 rings (SSSR count). The van der Waals surface area contributed by atoms with Crippen LogP contribution >= 0.6 is 0 Å². The summed E-state index contributed by atoms with van der Waals surface area (Å²) in [4.78, 5) is 51.7. The molecule has 57 heavy (non-hydrogen) atoms. The van der Waals surface area contributed by atoms with E-state index < -0.39 is 48.3 Å². The van der Waals surface area contributed by atoms with Gasteiger partial charge in [-0.2, -0.15) is 0 Å². The van der Waals surface area contributed by atoms with Gasteiger partial charge in [0.15, 0.2) is 17.3 Å². The number of fused-ring (bicyclic) bond motifs is 1. The van der Waals surface area contributed by atoms with Crippen molar-refractivity contribution < 1.29 is 57.1 Å². The number of benzene rings is 3. The Morgan fingerprint density at radius 3 is 2.44 bits per heavy atom. The van der Waals surface area contributed by atoms with E-state index in [1.165, 1.54) is 0 Å². The van der Waals surface area contributed by atoms with Crippen LogP contribution in [-0.4, -0.2) is 87.4 Å². The number of alkyl carbamates (subject to hydrolysis) is 2. The molecule has 0 aliphatic carbocycles. The number of esters is 1. The molecule has 3 aliphatic heterocycles. The molecule has 2 saturated heterocycles. The van der Waals surface area contributed by atoms with Crippen LogP contribution in [0.15, 0.2) is 78.9 Å². The highest BCUT2D eigenvalue weighted by atomic mass is 16.7. The van der Waals surface area contributed by atoms with Gasteiger partial charge in [-0.1, -0.05) is 54.6 Å². The van der Waals surface area contributed by atoms with Crippen molar-refractivity contribution in [2.75, 3.05) is 33.2 Å². The zero-order valence-electron chi connectivity index (χ0n) is 32.1. The predicted octanol–water partition coefficient (Wildman–Crippen LogP) is 5.33. The molecular weight excluding hydrogens is 738 g/mol. The molecule has 15 heteroatoms. The quantitative estimate of drug-likeness (QED) is 0.0912. The summed E-state index contributed by atoms with van der Waals surface area (Å²) in [6.45, 7) is 2.77. The molecule has 1 spiro atoms. The molecule has 4 unspecified atom stereocenters. The summed E-state index contributed by atoms with van der Waals surface area (Å²) >= 11 is 0. The highest BCUT2D eigenvalue weighted by Crippen LogP contribution is 2.41. The molecule has 3 amide bonds. The minimum atomic E-state index is -1.14. The summed E-state index contributed by atoms with van der Waals surface area (Å²) < 4.78 is 46.2. The van der Waals surface area contributed by atoms with Crippen LogP contribution < -0.4 is 30.2 Å². The van der Waals surface area contributed by atoms with E-state index in [-0.39, 0.29) is 71.3 Å². The minimum absolute atomic E-state index is 0.0121. The van der Waals surface area contributed by atoms with Crippen molar-refractivity contribution in [1.82, 2.24) is 16.0 Å². The van der Waals surface area contributed by atoms with Crippen LogP contribution in [0.2, 0.25) is 0 Å². The van der Waals surface area contributed by atoms with Gasteiger partial charge in [0.2, 0.25) is 12.7 Å². The molecule has 0 bridgehead atoms. The van der Waals surface area contributed by atoms with E-state index in [9.17, 15) is 19.2 Å². The zero-order chi connectivity index (χ0) is 39.9. The fraction of sp³-hybridized carbons (Fsp3) is 0.476. The van der Waals surface area contributed by atoms with Crippen LogP contribution in [0.25, 0.3) is 0 Å². The first-order chi connectivity index (χ1) is 27.8. The summed E-state index contributed by atoms with van der Waals surface area (Å²) in [6, 6.07) is 23.2. The largest absolute Gasteiger partial charge is 0.492 e. The number of amides is 3. The zero-order valence-corrected chi connectivity index (χ0v) is 32.1. The van der Waals surface area contributed by atoms with E-state index in [4.69, 9.17) is 37.9 Å². The Balaban J connectivity index is 1.04. The lowest BCUT2D eigenvalue weighted by molar-refractivity contribution is -0.329. The van der Waals surface area contributed by atoms with Crippen LogP contribution in [0.5, 0.6) is 17.2 Å². The maximum absolute atomic E-state index is 13.3. The van der Waals surface area contributed by atoms with E-state index in [0.717, 1.165) is 11.1 Å². The van der Waals surface area contributed by atoms with Crippen LogP contribution in [0.4, 0.5) is 9.59 Å².